The highest BCUT2D eigenvalue weighted by molar-refractivity contribution is 5.92. The van der Waals surface area contributed by atoms with Crippen molar-refractivity contribution >= 4 is 16.8 Å². The first-order valence-electron chi connectivity index (χ1n) is 9.10. The van der Waals surface area contributed by atoms with Gasteiger partial charge in [0.2, 0.25) is 5.91 Å². The van der Waals surface area contributed by atoms with E-state index < -0.39 is 24.1 Å². The van der Waals surface area contributed by atoms with Crippen LogP contribution in [-0.4, -0.2) is 29.1 Å². The largest absolute Gasteiger partial charge is 0.387 e. The van der Waals surface area contributed by atoms with Crippen molar-refractivity contribution < 1.29 is 23.1 Å². The van der Waals surface area contributed by atoms with E-state index in [0.717, 1.165) is 24.5 Å². The molecule has 4 nitrogen and oxygen atoms in total. The smallest absolute Gasteiger partial charge is 0.245 e. The Morgan fingerprint density at radius 2 is 1.82 bits per heavy atom. The Bertz CT molecular complexity index is 1020. The van der Waals surface area contributed by atoms with Crippen LogP contribution in [0.2, 0.25) is 0 Å². The first kappa shape index (κ1) is 18.6. The van der Waals surface area contributed by atoms with Crippen molar-refractivity contribution in [1.82, 2.24) is 10.3 Å². The van der Waals surface area contributed by atoms with Gasteiger partial charge >= 0.3 is 0 Å². The number of aliphatic hydroxyl groups is 1. The second-order valence-corrected chi connectivity index (χ2v) is 7.23. The molecule has 1 aliphatic carbocycles. The third-order valence-corrected chi connectivity index (χ3v) is 5.37. The quantitative estimate of drug-likeness (QED) is 0.622. The van der Waals surface area contributed by atoms with E-state index >= 15 is 0 Å². The minimum absolute atomic E-state index is 0.0611. The van der Waals surface area contributed by atoms with Crippen molar-refractivity contribution in [2.45, 2.75) is 18.8 Å². The number of benzene rings is 2. The highest BCUT2D eigenvalue weighted by Crippen LogP contribution is 2.48. The molecule has 28 heavy (non-hydrogen) atoms. The summed E-state index contributed by atoms with van der Waals surface area (Å²) in [5.74, 6) is -1.83. The van der Waals surface area contributed by atoms with Crippen LogP contribution in [0.1, 0.15) is 24.3 Å². The molecule has 0 aliphatic heterocycles. The van der Waals surface area contributed by atoms with Crippen LogP contribution in [0, 0.1) is 23.4 Å². The van der Waals surface area contributed by atoms with Gasteiger partial charge in [-0.3, -0.25) is 4.79 Å². The maximum atomic E-state index is 14.3. The van der Waals surface area contributed by atoms with Gasteiger partial charge in [0.05, 0.1) is 11.2 Å². The van der Waals surface area contributed by atoms with Crippen LogP contribution in [0.3, 0.4) is 0 Å². The number of rotatable bonds is 5. The minimum Gasteiger partial charge on any atom is -0.387 e. The maximum absolute atomic E-state index is 14.3. The van der Waals surface area contributed by atoms with Crippen molar-refractivity contribution in [2.24, 2.45) is 5.92 Å². The second-order valence-electron chi connectivity index (χ2n) is 7.23. The topological polar surface area (TPSA) is 65.1 Å². The van der Waals surface area contributed by atoms with E-state index in [4.69, 9.17) is 5.11 Å². The van der Waals surface area contributed by atoms with Crippen molar-refractivity contribution in [1.29, 1.82) is 0 Å². The number of aliphatic hydroxyl groups excluding tert-OH is 1. The van der Waals surface area contributed by atoms with Gasteiger partial charge in [0.1, 0.15) is 24.1 Å². The molecule has 1 aliphatic rings. The van der Waals surface area contributed by atoms with E-state index in [1.54, 1.807) is 12.1 Å². The molecule has 146 valence electrons. The van der Waals surface area contributed by atoms with E-state index in [0.29, 0.717) is 23.2 Å². The van der Waals surface area contributed by atoms with Crippen molar-refractivity contribution in [3.63, 3.8) is 0 Å². The summed E-state index contributed by atoms with van der Waals surface area (Å²) in [6, 6.07) is 8.03. The summed E-state index contributed by atoms with van der Waals surface area (Å²) in [6.45, 7) is -0.0985. The average molecular weight is 388 g/mol. The van der Waals surface area contributed by atoms with E-state index in [-0.39, 0.29) is 23.2 Å². The molecule has 1 amide bonds. The summed E-state index contributed by atoms with van der Waals surface area (Å²) in [5, 5.41) is 11.9. The molecule has 1 fully saturated rings. The van der Waals surface area contributed by atoms with Gasteiger partial charge in [0, 0.05) is 18.0 Å². The molecule has 3 aromatic rings. The SMILES string of the molecule is O=C(CO)NCC1CC(c2c(-c3ccc(F)cc3)[nH]c3c(F)cc(F)cc23)C1. The zero-order valence-corrected chi connectivity index (χ0v) is 14.9. The predicted molar refractivity (Wildman–Crippen MR) is 99.2 cm³/mol. The Kier molecular flexibility index (Phi) is 4.85. The fourth-order valence-corrected chi connectivity index (χ4v) is 3.96. The van der Waals surface area contributed by atoms with Gasteiger partial charge < -0.3 is 15.4 Å². The highest BCUT2D eigenvalue weighted by atomic mass is 19.1. The van der Waals surface area contributed by atoms with Crippen LogP contribution in [-0.2, 0) is 4.79 Å². The molecule has 1 aromatic heterocycles. The van der Waals surface area contributed by atoms with Crippen molar-refractivity contribution in [3.05, 3.63) is 59.4 Å². The molecule has 4 rings (SSSR count). The lowest BCUT2D eigenvalue weighted by atomic mass is 9.70. The third kappa shape index (κ3) is 3.38. The second kappa shape index (κ2) is 7.31. The Labute approximate surface area is 159 Å². The number of H-pyrrole nitrogens is 1. The van der Waals surface area contributed by atoms with Gasteiger partial charge in [-0.15, -0.1) is 0 Å². The molecular weight excluding hydrogens is 369 g/mol. The monoisotopic (exact) mass is 388 g/mol. The van der Waals surface area contributed by atoms with Crippen molar-refractivity contribution in [3.8, 4) is 11.3 Å². The molecule has 3 N–H and O–H groups in total. The predicted octanol–water partition coefficient (Wildman–Crippen LogP) is 3.85. The highest BCUT2D eigenvalue weighted by Gasteiger charge is 2.34. The summed E-state index contributed by atoms with van der Waals surface area (Å²) in [5.41, 5.74) is 2.39. The average Bonchev–Trinajstić information content (AvgIpc) is 3.00. The Morgan fingerprint density at radius 3 is 2.50 bits per heavy atom. The Hall–Kier alpha value is -2.80. The number of halogens is 3. The van der Waals surface area contributed by atoms with E-state index in [9.17, 15) is 18.0 Å². The van der Waals surface area contributed by atoms with E-state index in [2.05, 4.69) is 10.3 Å². The molecule has 0 saturated heterocycles. The number of carbonyl (C=O) groups excluding carboxylic acids is 1. The summed E-state index contributed by atoms with van der Waals surface area (Å²) in [7, 11) is 0. The number of aromatic nitrogens is 1. The molecule has 0 bridgehead atoms. The maximum Gasteiger partial charge on any atom is 0.245 e. The summed E-state index contributed by atoms with van der Waals surface area (Å²) in [6.07, 6.45) is 1.48. The number of aromatic amines is 1. The molecule has 1 saturated carbocycles. The third-order valence-electron chi connectivity index (χ3n) is 5.37. The molecule has 0 spiro atoms. The van der Waals surface area contributed by atoms with Crippen molar-refractivity contribution in [2.75, 3.05) is 13.2 Å². The first-order chi connectivity index (χ1) is 13.5. The first-order valence-corrected chi connectivity index (χ1v) is 9.10. The van der Waals surface area contributed by atoms with Crippen LogP contribution in [0.15, 0.2) is 36.4 Å². The lowest BCUT2D eigenvalue weighted by Gasteiger charge is -2.36. The number of carbonyl (C=O) groups is 1. The molecular formula is C21H19F3N2O2. The minimum atomic E-state index is -0.671. The zero-order valence-electron chi connectivity index (χ0n) is 14.9. The normalized spacial score (nSPS) is 18.9. The molecule has 1 heterocycles. The van der Waals surface area contributed by atoms with E-state index in [1.807, 2.05) is 0 Å². The number of fused-ring (bicyclic) bond motifs is 1. The van der Waals surface area contributed by atoms with Gasteiger partial charge in [-0.05, 0) is 66.1 Å². The van der Waals surface area contributed by atoms with Crippen LogP contribution in [0.5, 0.6) is 0 Å². The molecule has 0 radical (unpaired) electrons. The summed E-state index contributed by atoms with van der Waals surface area (Å²) < 4.78 is 41.5. The fourth-order valence-electron chi connectivity index (χ4n) is 3.96. The molecule has 7 heteroatoms. The number of hydrogen-bond acceptors (Lipinski definition) is 2. The lowest BCUT2D eigenvalue weighted by Crippen LogP contribution is -2.36. The van der Waals surface area contributed by atoms with Crippen LogP contribution in [0.25, 0.3) is 22.2 Å². The van der Waals surface area contributed by atoms with Gasteiger partial charge in [-0.25, -0.2) is 13.2 Å². The van der Waals surface area contributed by atoms with Gasteiger partial charge in [-0.2, -0.15) is 0 Å². The Morgan fingerprint density at radius 1 is 1.11 bits per heavy atom. The Balaban J connectivity index is 1.69. The van der Waals surface area contributed by atoms with Gasteiger partial charge in [0.15, 0.2) is 0 Å². The molecule has 0 atom stereocenters. The van der Waals surface area contributed by atoms with Gasteiger partial charge in [-0.1, -0.05) is 0 Å². The summed E-state index contributed by atoms with van der Waals surface area (Å²) in [4.78, 5) is 14.3. The zero-order chi connectivity index (χ0) is 19.8. The standard InChI is InChI=1S/C21H19F3N2O2/c22-14-3-1-12(2-4-14)20-19(13-5-11(6-13)9-25-18(28)10-27)16-7-15(23)8-17(24)21(16)26-20/h1-4,7-8,11,13,26-27H,5-6,9-10H2,(H,25,28). The summed E-state index contributed by atoms with van der Waals surface area (Å²) >= 11 is 0. The van der Waals surface area contributed by atoms with Crippen LogP contribution >= 0.6 is 0 Å². The molecule has 0 unspecified atom stereocenters. The number of hydrogen-bond donors (Lipinski definition) is 3. The number of nitrogens with one attached hydrogen (secondary N) is 2. The van der Waals surface area contributed by atoms with Crippen LogP contribution in [0.4, 0.5) is 13.2 Å². The van der Waals surface area contributed by atoms with E-state index in [1.165, 1.54) is 18.2 Å². The van der Waals surface area contributed by atoms with Crippen LogP contribution < -0.4 is 5.32 Å². The fraction of sp³-hybridized carbons (Fsp3) is 0.286. The number of amides is 1. The lowest BCUT2D eigenvalue weighted by molar-refractivity contribution is -0.124. The van der Waals surface area contributed by atoms with Gasteiger partial charge in [0.25, 0.3) is 0 Å². The molecule has 2 aromatic carbocycles.